The molecule has 6 nitrogen and oxygen atoms in total. The molecule has 0 saturated carbocycles. The Morgan fingerprint density at radius 2 is 1.89 bits per heavy atom. The van der Waals surface area contributed by atoms with Gasteiger partial charge in [-0.25, -0.2) is 0 Å². The van der Waals surface area contributed by atoms with Gasteiger partial charge < -0.3 is 20.4 Å². The number of piperazine rings is 1. The molecule has 1 unspecified atom stereocenters. The molecule has 2 N–H and O–H groups in total. The van der Waals surface area contributed by atoms with E-state index in [9.17, 15) is 0 Å². The minimum absolute atomic E-state index is 0. The number of para-hydroxylation sites is 1. The van der Waals surface area contributed by atoms with Crippen molar-refractivity contribution in [2.24, 2.45) is 4.99 Å². The second-order valence-corrected chi connectivity index (χ2v) is 7.31. The molecule has 0 bridgehead atoms. The first-order valence-corrected chi connectivity index (χ1v) is 10.3. The molecule has 2 rings (SSSR count). The normalized spacial score (nSPS) is 18.4. The number of hydrogen-bond donors (Lipinski definition) is 2. The van der Waals surface area contributed by atoms with Crippen LogP contribution in [0.4, 0.5) is 5.69 Å². The number of aliphatic imine (C=N–C) groups is 1. The van der Waals surface area contributed by atoms with Crippen molar-refractivity contribution in [1.82, 2.24) is 20.4 Å². The predicted octanol–water partition coefficient (Wildman–Crippen LogP) is 2.32. The molecule has 1 aromatic carbocycles. The van der Waals surface area contributed by atoms with E-state index in [1.54, 1.807) is 0 Å². The fourth-order valence-electron chi connectivity index (χ4n) is 3.42. The third kappa shape index (κ3) is 8.53. The van der Waals surface area contributed by atoms with Gasteiger partial charge in [-0.05, 0) is 46.5 Å². The zero-order chi connectivity index (χ0) is 19.5. The van der Waals surface area contributed by atoms with Crippen molar-refractivity contribution in [2.75, 3.05) is 71.4 Å². The summed E-state index contributed by atoms with van der Waals surface area (Å²) in [5.41, 5.74) is 1.30. The molecule has 1 fully saturated rings. The standard InChI is InChI=1S/C21H38N6.HI/c1-5-22-21(24-17-20-18-25(3)15-16-26(20)4)23-13-10-14-27(6-2)19-11-8-7-9-12-19;/h7-9,11-12,20H,5-6,10,13-18H2,1-4H3,(H2,22,23,24);1H. The summed E-state index contributed by atoms with van der Waals surface area (Å²) in [4.78, 5) is 12.1. The smallest absolute Gasteiger partial charge is 0.191 e. The van der Waals surface area contributed by atoms with Crippen LogP contribution in [-0.2, 0) is 0 Å². The van der Waals surface area contributed by atoms with Crippen molar-refractivity contribution in [3.05, 3.63) is 30.3 Å². The van der Waals surface area contributed by atoms with Gasteiger partial charge in [0.1, 0.15) is 0 Å². The molecule has 7 heteroatoms. The first kappa shape index (κ1) is 25.0. The second-order valence-electron chi connectivity index (χ2n) is 7.31. The molecule has 0 radical (unpaired) electrons. The summed E-state index contributed by atoms with van der Waals surface area (Å²) < 4.78 is 0. The highest BCUT2D eigenvalue weighted by Gasteiger charge is 2.21. The zero-order valence-corrected chi connectivity index (χ0v) is 20.4. The van der Waals surface area contributed by atoms with Gasteiger partial charge in [-0.15, -0.1) is 24.0 Å². The van der Waals surface area contributed by atoms with Crippen molar-refractivity contribution < 1.29 is 0 Å². The fourth-order valence-corrected chi connectivity index (χ4v) is 3.42. The van der Waals surface area contributed by atoms with Crippen LogP contribution in [0.1, 0.15) is 20.3 Å². The Morgan fingerprint density at radius 3 is 2.57 bits per heavy atom. The van der Waals surface area contributed by atoms with Gasteiger partial charge in [0.25, 0.3) is 0 Å². The maximum absolute atomic E-state index is 4.83. The zero-order valence-electron chi connectivity index (χ0n) is 18.0. The molecule has 1 heterocycles. The Hall–Kier alpha value is -1.06. The summed E-state index contributed by atoms with van der Waals surface area (Å²) in [5, 5.41) is 6.87. The fraction of sp³-hybridized carbons (Fsp3) is 0.667. The van der Waals surface area contributed by atoms with Gasteiger partial charge in [0.15, 0.2) is 5.96 Å². The molecule has 0 aliphatic carbocycles. The number of benzene rings is 1. The highest BCUT2D eigenvalue weighted by Crippen LogP contribution is 2.12. The highest BCUT2D eigenvalue weighted by atomic mass is 127. The minimum Gasteiger partial charge on any atom is -0.372 e. The van der Waals surface area contributed by atoms with Crippen LogP contribution in [0.2, 0.25) is 0 Å². The van der Waals surface area contributed by atoms with Crippen LogP contribution in [-0.4, -0.2) is 88.3 Å². The molecule has 1 aliphatic heterocycles. The lowest BCUT2D eigenvalue weighted by Crippen LogP contribution is -2.51. The van der Waals surface area contributed by atoms with Crippen LogP contribution >= 0.6 is 24.0 Å². The van der Waals surface area contributed by atoms with Crippen molar-refractivity contribution >= 4 is 35.6 Å². The average Bonchev–Trinajstić information content (AvgIpc) is 2.69. The largest absolute Gasteiger partial charge is 0.372 e. The number of likely N-dealkylation sites (N-methyl/N-ethyl adjacent to an activating group) is 2. The first-order valence-electron chi connectivity index (χ1n) is 10.3. The summed E-state index contributed by atoms with van der Waals surface area (Å²) >= 11 is 0. The monoisotopic (exact) mass is 502 g/mol. The van der Waals surface area contributed by atoms with Crippen LogP contribution in [0.5, 0.6) is 0 Å². The number of nitrogens with zero attached hydrogens (tertiary/aromatic N) is 4. The van der Waals surface area contributed by atoms with Gasteiger partial charge in [-0.1, -0.05) is 18.2 Å². The predicted molar refractivity (Wildman–Crippen MR) is 132 cm³/mol. The van der Waals surface area contributed by atoms with Crippen LogP contribution in [0, 0.1) is 0 Å². The Morgan fingerprint density at radius 1 is 1.14 bits per heavy atom. The Balaban J connectivity index is 0.00000392. The number of guanidine groups is 1. The molecule has 1 atom stereocenters. The molecule has 1 aromatic rings. The first-order chi connectivity index (χ1) is 13.1. The van der Waals surface area contributed by atoms with Gasteiger partial charge in [-0.3, -0.25) is 9.89 Å². The molecule has 0 aromatic heterocycles. The Bertz CT molecular complexity index is 553. The Kier molecular flexibility index (Phi) is 12.5. The molecule has 0 spiro atoms. The van der Waals surface area contributed by atoms with E-state index in [1.165, 1.54) is 5.69 Å². The summed E-state index contributed by atoms with van der Waals surface area (Å²) in [6.07, 6.45) is 1.08. The number of hydrogen-bond acceptors (Lipinski definition) is 4. The number of anilines is 1. The van der Waals surface area contributed by atoms with E-state index in [-0.39, 0.29) is 24.0 Å². The molecule has 0 amide bonds. The molecule has 1 aliphatic rings. The van der Waals surface area contributed by atoms with E-state index < -0.39 is 0 Å². The van der Waals surface area contributed by atoms with Crippen molar-refractivity contribution in [3.63, 3.8) is 0 Å². The maximum atomic E-state index is 4.83. The van der Waals surface area contributed by atoms with Crippen LogP contribution in [0.15, 0.2) is 35.3 Å². The van der Waals surface area contributed by atoms with Gasteiger partial charge in [0.05, 0.1) is 6.54 Å². The van der Waals surface area contributed by atoms with Gasteiger partial charge in [0.2, 0.25) is 0 Å². The minimum atomic E-state index is 0. The van der Waals surface area contributed by atoms with Crippen LogP contribution < -0.4 is 15.5 Å². The number of nitrogens with one attached hydrogen (secondary N) is 2. The quantitative estimate of drug-likeness (QED) is 0.235. The van der Waals surface area contributed by atoms with Crippen LogP contribution in [0.25, 0.3) is 0 Å². The van der Waals surface area contributed by atoms with E-state index in [0.717, 1.165) is 64.7 Å². The van der Waals surface area contributed by atoms with E-state index in [1.807, 2.05) is 0 Å². The number of halogens is 1. The lowest BCUT2D eigenvalue weighted by molar-refractivity contribution is 0.119. The van der Waals surface area contributed by atoms with E-state index >= 15 is 0 Å². The summed E-state index contributed by atoms with van der Waals surface area (Å²) in [5.74, 6) is 0.932. The van der Waals surface area contributed by atoms with E-state index in [0.29, 0.717) is 6.04 Å². The van der Waals surface area contributed by atoms with Gasteiger partial charge in [0, 0.05) is 57.5 Å². The molecule has 28 heavy (non-hydrogen) atoms. The lowest BCUT2D eigenvalue weighted by Gasteiger charge is -2.36. The third-order valence-electron chi connectivity index (χ3n) is 5.18. The molecular formula is C21H39IN6. The summed E-state index contributed by atoms with van der Waals surface area (Å²) in [6, 6.07) is 11.1. The lowest BCUT2D eigenvalue weighted by atomic mass is 10.2. The SMILES string of the molecule is CCNC(=NCC1CN(C)CCN1C)NCCCN(CC)c1ccccc1.I. The average molecular weight is 502 g/mol. The summed E-state index contributed by atoms with van der Waals surface area (Å²) in [7, 11) is 4.40. The van der Waals surface area contributed by atoms with Crippen molar-refractivity contribution in [3.8, 4) is 0 Å². The van der Waals surface area contributed by atoms with Gasteiger partial charge >= 0.3 is 0 Å². The molecule has 160 valence electrons. The third-order valence-corrected chi connectivity index (χ3v) is 5.18. The van der Waals surface area contributed by atoms with Crippen LogP contribution in [0.3, 0.4) is 0 Å². The Labute approximate surface area is 188 Å². The number of rotatable bonds is 9. The molecule has 1 saturated heterocycles. The van der Waals surface area contributed by atoms with E-state index in [2.05, 4.69) is 83.6 Å². The second kappa shape index (κ2) is 14.0. The topological polar surface area (TPSA) is 46.1 Å². The molecular weight excluding hydrogens is 463 g/mol. The van der Waals surface area contributed by atoms with E-state index in [4.69, 9.17) is 4.99 Å². The van der Waals surface area contributed by atoms with Gasteiger partial charge in [-0.2, -0.15) is 0 Å². The maximum Gasteiger partial charge on any atom is 0.191 e. The highest BCUT2D eigenvalue weighted by molar-refractivity contribution is 14.0. The summed E-state index contributed by atoms with van der Waals surface area (Å²) in [6.45, 7) is 12.4. The van der Waals surface area contributed by atoms with Crippen molar-refractivity contribution in [1.29, 1.82) is 0 Å². The van der Waals surface area contributed by atoms with Crippen molar-refractivity contribution in [2.45, 2.75) is 26.3 Å².